The molecule has 4 rings (SSSR count). The second-order valence-electron chi connectivity index (χ2n) is 9.04. The first kappa shape index (κ1) is 19.8. The fourth-order valence-electron chi connectivity index (χ4n) is 4.17. The van der Waals surface area contributed by atoms with Crippen LogP contribution in [-0.2, 0) is 15.7 Å². The number of hydrogen-bond donors (Lipinski definition) is 0. The van der Waals surface area contributed by atoms with Crippen LogP contribution in [0.25, 0.3) is 0 Å². The van der Waals surface area contributed by atoms with Crippen molar-refractivity contribution in [1.29, 1.82) is 0 Å². The molecule has 9 heteroatoms. The summed E-state index contributed by atoms with van der Waals surface area (Å²) in [5, 5.41) is 0. The number of carbonyl (C=O) groups excluding carboxylic acids is 1. The van der Waals surface area contributed by atoms with Crippen LogP contribution >= 0.6 is 11.8 Å². The lowest BCUT2D eigenvalue weighted by Crippen LogP contribution is -2.47. The average molecular weight is 558 g/mol. The standard InChI is InChI=1S/C29H38F3N3O2S/c1-2-3-4-5-11-28(36)37-21-20-34-18-16-33(17-19-34)14-8-15-35-24-9-6-7-10-26(24)38-27-13-12-23(22-25(27)35)29(30,31)32/h6-7,9-10,12-13,22H,2-5,8,11,14-21H2,1H3/i16D2,17D2,18D2,19D2. The van der Waals surface area contributed by atoms with Crippen LogP contribution in [0.4, 0.5) is 24.5 Å². The van der Waals surface area contributed by atoms with E-state index in [9.17, 15) is 18.0 Å². The number of unbranched alkanes of at least 4 members (excludes halogenated alkanes) is 3. The third kappa shape index (κ3) is 7.90. The van der Waals surface area contributed by atoms with Crippen molar-refractivity contribution in [3.63, 3.8) is 0 Å². The molecule has 2 heterocycles. The summed E-state index contributed by atoms with van der Waals surface area (Å²) in [6.07, 6.45) is -1.11. The van der Waals surface area contributed by atoms with E-state index in [4.69, 9.17) is 15.7 Å². The van der Waals surface area contributed by atoms with E-state index in [0.29, 0.717) is 26.8 Å². The van der Waals surface area contributed by atoms with E-state index in [1.165, 1.54) is 17.8 Å². The minimum atomic E-state index is -4.59. The topological polar surface area (TPSA) is 36.0 Å². The van der Waals surface area contributed by atoms with Crippen molar-refractivity contribution in [3.8, 4) is 0 Å². The van der Waals surface area contributed by atoms with Crippen LogP contribution in [0.15, 0.2) is 52.3 Å². The van der Waals surface area contributed by atoms with Crippen LogP contribution < -0.4 is 4.90 Å². The smallest absolute Gasteiger partial charge is 0.416 e. The fraction of sp³-hybridized carbons (Fsp3) is 0.552. The van der Waals surface area contributed by atoms with Gasteiger partial charge >= 0.3 is 12.1 Å². The van der Waals surface area contributed by atoms with Gasteiger partial charge in [-0.25, -0.2) is 0 Å². The first-order chi connectivity index (χ1) is 21.4. The lowest BCUT2D eigenvalue weighted by Gasteiger charge is -2.36. The first-order valence-electron chi connectivity index (χ1n) is 16.8. The Bertz CT molecular complexity index is 1370. The zero-order valence-corrected chi connectivity index (χ0v) is 22.1. The average Bonchev–Trinajstić information content (AvgIpc) is 2.97. The highest BCUT2D eigenvalue weighted by Crippen LogP contribution is 2.49. The number of para-hydroxylation sites is 1. The number of benzene rings is 2. The summed E-state index contributed by atoms with van der Waals surface area (Å²) in [4.78, 5) is 16.0. The van der Waals surface area contributed by atoms with Gasteiger partial charge in [-0.1, -0.05) is 50.1 Å². The predicted molar refractivity (Wildman–Crippen MR) is 146 cm³/mol. The van der Waals surface area contributed by atoms with Gasteiger partial charge in [0.25, 0.3) is 0 Å². The Morgan fingerprint density at radius 2 is 1.63 bits per heavy atom. The molecule has 0 aliphatic carbocycles. The highest BCUT2D eigenvalue weighted by atomic mass is 32.2. The van der Waals surface area contributed by atoms with Crippen LogP contribution in [0.5, 0.6) is 0 Å². The van der Waals surface area contributed by atoms with Crippen molar-refractivity contribution in [3.05, 3.63) is 48.0 Å². The lowest BCUT2D eigenvalue weighted by molar-refractivity contribution is -0.144. The van der Waals surface area contributed by atoms with E-state index in [1.807, 2.05) is 13.0 Å². The number of esters is 1. The number of alkyl halides is 3. The van der Waals surface area contributed by atoms with E-state index in [1.54, 1.807) is 23.1 Å². The molecular formula is C29H38F3N3O2S. The Labute approximate surface area is 239 Å². The van der Waals surface area contributed by atoms with Gasteiger partial charge in [-0.15, -0.1) is 0 Å². The number of piperazine rings is 1. The number of ether oxygens (including phenoxy) is 1. The maximum absolute atomic E-state index is 13.6. The number of rotatable bonds is 12. The maximum Gasteiger partial charge on any atom is 0.416 e. The summed E-state index contributed by atoms with van der Waals surface area (Å²) in [5.74, 6) is -0.552. The molecule has 5 nitrogen and oxygen atoms in total. The van der Waals surface area contributed by atoms with Gasteiger partial charge in [0.05, 0.1) is 16.9 Å². The van der Waals surface area contributed by atoms with E-state index in [-0.39, 0.29) is 25.1 Å². The Kier molecular flexibility index (Phi) is 7.14. The molecule has 0 N–H and O–H groups in total. The molecule has 0 spiro atoms. The van der Waals surface area contributed by atoms with E-state index < -0.39 is 63.4 Å². The number of carbonyl (C=O) groups is 1. The number of nitrogens with zero attached hydrogens (tertiary/aromatic N) is 3. The Morgan fingerprint density at radius 3 is 2.37 bits per heavy atom. The van der Waals surface area contributed by atoms with Gasteiger partial charge in [0.15, 0.2) is 0 Å². The van der Waals surface area contributed by atoms with E-state index in [0.717, 1.165) is 36.3 Å². The molecule has 0 saturated carbocycles. The quantitative estimate of drug-likeness (QED) is 0.210. The molecule has 1 fully saturated rings. The Hall–Kier alpha value is -2.23. The van der Waals surface area contributed by atoms with E-state index >= 15 is 0 Å². The summed E-state index contributed by atoms with van der Waals surface area (Å²) >= 11 is 1.30. The molecule has 2 aliphatic heterocycles. The van der Waals surface area contributed by atoms with Crippen LogP contribution in [0, 0.1) is 0 Å². The molecule has 0 atom stereocenters. The van der Waals surface area contributed by atoms with Crippen LogP contribution in [0.3, 0.4) is 0 Å². The van der Waals surface area contributed by atoms with Crippen molar-refractivity contribution in [2.24, 2.45) is 0 Å². The molecule has 0 bridgehead atoms. The maximum atomic E-state index is 13.6. The zero-order valence-electron chi connectivity index (χ0n) is 29.3. The molecule has 2 aromatic carbocycles. The van der Waals surface area contributed by atoms with Gasteiger partial charge in [-0.05, 0) is 49.7 Å². The monoisotopic (exact) mass is 557 g/mol. The fourth-order valence-corrected chi connectivity index (χ4v) is 5.25. The molecule has 208 valence electrons. The summed E-state index contributed by atoms with van der Waals surface area (Å²) in [6, 6.07) is 10.5. The second kappa shape index (κ2) is 13.7. The normalized spacial score (nSPS) is 24.7. The molecule has 1 saturated heterocycles. The minimum Gasteiger partial charge on any atom is -0.464 e. The van der Waals surface area contributed by atoms with Crippen molar-refractivity contribution in [1.82, 2.24) is 9.80 Å². The summed E-state index contributed by atoms with van der Waals surface area (Å²) in [5.41, 5.74) is 0.0456. The van der Waals surface area contributed by atoms with Gasteiger partial charge in [0.2, 0.25) is 0 Å². The third-order valence-electron chi connectivity index (χ3n) is 6.17. The Morgan fingerprint density at radius 1 is 0.921 bits per heavy atom. The molecular weight excluding hydrogens is 511 g/mol. The van der Waals surface area contributed by atoms with Gasteiger partial charge in [0, 0.05) is 66.3 Å². The molecule has 38 heavy (non-hydrogen) atoms. The van der Waals surface area contributed by atoms with Gasteiger partial charge < -0.3 is 14.5 Å². The molecule has 0 unspecified atom stereocenters. The first-order valence-corrected chi connectivity index (χ1v) is 13.7. The summed E-state index contributed by atoms with van der Waals surface area (Å²) in [6.45, 7) is -11.7. The molecule has 2 aliphatic rings. The molecule has 0 amide bonds. The number of halogens is 3. The predicted octanol–water partition coefficient (Wildman–Crippen LogP) is 6.83. The third-order valence-corrected chi connectivity index (χ3v) is 7.30. The van der Waals surface area contributed by atoms with Crippen LogP contribution in [0.2, 0.25) is 0 Å². The minimum absolute atomic E-state index is 0.0124. The van der Waals surface area contributed by atoms with Crippen molar-refractivity contribution < 1.29 is 33.7 Å². The van der Waals surface area contributed by atoms with Crippen molar-refractivity contribution in [2.75, 3.05) is 57.1 Å². The van der Waals surface area contributed by atoms with Crippen LogP contribution in [0.1, 0.15) is 62.0 Å². The summed E-state index contributed by atoms with van der Waals surface area (Å²) < 4.78 is 115. The van der Waals surface area contributed by atoms with Crippen LogP contribution in [-0.4, -0.2) is 68.0 Å². The Balaban J connectivity index is 1.52. The number of anilines is 2. The largest absolute Gasteiger partial charge is 0.464 e. The lowest BCUT2D eigenvalue weighted by atomic mass is 10.1. The van der Waals surface area contributed by atoms with Gasteiger partial charge in [0.1, 0.15) is 6.61 Å². The van der Waals surface area contributed by atoms with Crippen molar-refractivity contribution in [2.45, 2.75) is 61.4 Å². The molecule has 0 aromatic heterocycles. The second-order valence-corrected chi connectivity index (χ2v) is 10.1. The summed E-state index contributed by atoms with van der Waals surface area (Å²) in [7, 11) is 0. The highest BCUT2D eigenvalue weighted by Gasteiger charge is 2.33. The molecule has 2 aromatic rings. The SMILES string of the molecule is [2H]C1([2H])N(CCCN2c3ccccc3Sc3ccc(C(F)(F)F)cc32)C([2H])([2H])C([2H])([2H])N(CCOC(=O)CCCCCC)C1([2H])[2H]. The number of hydrogen-bond acceptors (Lipinski definition) is 6. The van der Waals surface area contributed by atoms with Crippen molar-refractivity contribution >= 4 is 29.1 Å². The van der Waals surface area contributed by atoms with E-state index in [2.05, 4.69) is 0 Å². The van der Waals surface area contributed by atoms with Gasteiger partial charge in [-0.2, -0.15) is 13.2 Å². The zero-order chi connectivity index (χ0) is 34.1. The number of fused-ring (bicyclic) bond motifs is 2. The van der Waals surface area contributed by atoms with Gasteiger partial charge in [-0.3, -0.25) is 9.69 Å². The molecule has 0 radical (unpaired) electrons. The highest BCUT2D eigenvalue weighted by molar-refractivity contribution is 7.99.